The third kappa shape index (κ3) is 5.67. The van der Waals surface area contributed by atoms with Crippen LogP contribution in [0.15, 0.2) is 53.4 Å². The molecule has 1 heterocycles. The number of hydrogen-bond acceptors (Lipinski definition) is 5. The molecule has 0 unspecified atom stereocenters. The van der Waals surface area contributed by atoms with Crippen LogP contribution in [0.25, 0.3) is 0 Å². The average Bonchev–Trinajstić information content (AvgIpc) is 3.04. The molecule has 174 valence electrons. The molecule has 0 saturated carbocycles. The first kappa shape index (κ1) is 24.2. The zero-order valence-corrected chi connectivity index (χ0v) is 20.0. The molecule has 0 aromatic heterocycles. The summed E-state index contributed by atoms with van der Waals surface area (Å²) in [5, 5.41) is 2.74. The van der Waals surface area contributed by atoms with E-state index in [1.807, 2.05) is 0 Å². The molecular weight excluding hydrogens is 450 g/mol. The summed E-state index contributed by atoms with van der Waals surface area (Å²) in [6, 6.07) is 12.4. The topological polar surface area (TPSA) is 104 Å². The smallest absolute Gasteiger partial charge is 0.255 e. The predicted molar refractivity (Wildman–Crippen MR) is 126 cm³/mol. The summed E-state index contributed by atoms with van der Waals surface area (Å²) in [5.74, 6) is -0.373. The first-order valence-electron chi connectivity index (χ1n) is 10.6. The highest BCUT2D eigenvalue weighted by Crippen LogP contribution is 2.23. The summed E-state index contributed by atoms with van der Waals surface area (Å²) in [6.07, 6.45) is 4.96. The van der Waals surface area contributed by atoms with Crippen LogP contribution < -0.4 is 9.62 Å². The number of nitrogens with one attached hydrogen (secondary N) is 1. The van der Waals surface area contributed by atoms with E-state index in [0.29, 0.717) is 30.0 Å². The number of amides is 1. The third-order valence-electron chi connectivity index (χ3n) is 5.42. The number of rotatable bonds is 7. The van der Waals surface area contributed by atoms with Gasteiger partial charge in [-0.05, 0) is 68.3 Å². The standard InChI is InChI=1S/C22H29N3O5S2/c1-3-25(31(2,27)28)20-12-8-18(9-13-20)22(26)23-19-10-14-21(15-11-19)32(29,30)24-16-6-4-5-7-17-24/h8-15H,3-7,16-17H2,1-2H3,(H,23,26). The minimum absolute atomic E-state index is 0.210. The summed E-state index contributed by atoms with van der Waals surface area (Å²) in [4.78, 5) is 12.8. The lowest BCUT2D eigenvalue weighted by Gasteiger charge is -2.20. The number of nitrogens with zero attached hydrogens (tertiary/aromatic N) is 2. The van der Waals surface area contributed by atoms with Crippen molar-refractivity contribution in [3.05, 3.63) is 54.1 Å². The van der Waals surface area contributed by atoms with Gasteiger partial charge in [-0.25, -0.2) is 16.8 Å². The van der Waals surface area contributed by atoms with Gasteiger partial charge in [0.05, 0.1) is 16.8 Å². The largest absolute Gasteiger partial charge is 0.322 e. The second-order valence-electron chi connectivity index (χ2n) is 7.77. The Labute approximate surface area is 190 Å². The van der Waals surface area contributed by atoms with Gasteiger partial charge in [-0.2, -0.15) is 4.31 Å². The van der Waals surface area contributed by atoms with Crippen molar-refractivity contribution in [3.63, 3.8) is 0 Å². The quantitative estimate of drug-likeness (QED) is 0.656. The van der Waals surface area contributed by atoms with E-state index in [1.54, 1.807) is 43.3 Å². The van der Waals surface area contributed by atoms with E-state index in [9.17, 15) is 21.6 Å². The summed E-state index contributed by atoms with van der Waals surface area (Å²) < 4.78 is 52.2. The molecule has 0 radical (unpaired) electrons. The van der Waals surface area contributed by atoms with E-state index in [0.717, 1.165) is 31.9 Å². The van der Waals surface area contributed by atoms with Crippen molar-refractivity contribution < 1.29 is 21.6 Å². The Balaban J connectivity index is 1.69. The summed E-state index contributed by atoms with van der Waals surface area (Å²) in [7, 11) is -6.94. The molecule has 0 bridgehead atoms. The first-order chi connectivity index (χ1) is 15.1. The molecule has 0 atom stereocenters. The Morgan fingerprint density at radius 1 is 0.906 bits per heavy atom. The van der Waals surface area contributed by atoms with Crippen LogP contribution in [0.5, 0.6) is 0 Å². The number of sulfonamides is 2. The molecule has 2 aromatic rings. The molecule has 2 aromatic carbocycles. The summed E-state index contributed by atoms with van der Waals surface area (Å²) in [6.45, 7) is 3.09. The first-order valence-corrected chi connectivity index (χ1v) is 13.9. The zero-order valence-electron chi connectivity index (χ0n) is 18.3. The molecule has 3 rings (SSSR count). The molecule has 1 N–H and O–H groups in total. The number of carbonyl (C=O) groups is 1. The van der Waals surface area contributed by atoms with Crippen LogP contribution in [-0.4, -0.2) is 52.9 Å². The van der Waals surface area contributed by atoms with Crippen LogP contribution in [0.3, 0.4) is 0 Å². The van der Waals surface area contributed by atoms with Gasteiger partial charge in [0.1, 0.15) is 0 Å². The van der Waals surface area contributed by atoms with Crippen LogP contribution in [0.4, 0.5) is 11.4 Å². The molecule has 32 heavy (non-hydrogen) atoms. The van der Waals surface area contributed by atoms with Gasteiger partial charge < -0.3 is 5.32 Å². The number of carbonyl (C=O) groups excluding carboxylic acids is 1. The van der Waals surface area contributed by atoms with E-state index in [1.165, 1.54) is 20.7 Å². The second-order valence-corrected chi connectivity index (χ2v) is 11.6. The highest BCUT2D eigenvalue weighted by molar-refractivity contribution is 7.92. The normalized spacial score (nSPS) is 15.7. The fraction of sp³-hybridized carbons (Fsp3) is 0.409. The van der Waals surface area contributed by atoms with Gasteiger partial charge in [-0.3, -0.25) is 9.10 Å². The molecular formula is C22H29N3O5S2. The van der Waals surface area contributed by atoms with Crippen molar-refractivity contribution in [1.29, 1.82) is 0 Å². The van der Waals surface area contributed by atoms with Gasteiger partial charge in [0.2, 0.25) is 20.0 Å². The maximum Gasteiger partial charge on any atom is 0.255 e. The van der Waals surface area contributed by atoms with Crippen molar-refractivity contribution >= 4 is 37.3 Å². The molecule has 1 saturated heterocycles. The lowest BCUT2D eigenvalue weighted by molar-refractivity contribution is 0.102. The maximum atomic E-state index is 12.9. The van der Waals surface area contributed by atoms with E-state index in [4.69, 9.17) is 0 Å². The molecule has 1 aliphatic heterocycles. The van der Waals surface area contributed by atoms with Crippen LogP contribution in [0.1, 0.15) is 43.0 Å². The lowest BCUT2D eigenvalue weighted by atomic mass is 10.2. The molecule has 8 nitrogen and oxygen atoms in total. The minimum Gasteiger partial charge on any atom is -0.322 e. The number of anilines is 2. The Kier molecular flexibility index (Phi) is 7.58. The zero-order chi connectivity index (χ0) is 23.4. The third-order valence-corrected chi connectivity index (χ3v) is 8.60. The summed E-state index contributed by atoms with van der Waals surface area (Å²) in [5.41, 5.74) is 1.31. The SMILES string of the molecule is CCN(c1ccc(C(=O)Nc2ccc(S(=O)(=O)N3CCCCCC3)cc2)cc1)S(C)(=O)=O. The Morgan fingerprint density at radius 2 is 1.47 bits per heavy atom. The summed E-state index contributed by atoms with van der Waals surface area (Å²) >= 11 is 0. The van der Waals surface area contributed by atoms with Gasteiger partial charge in [-0.15, -0.1) is 0 Å². The monoisotopic (exact) mass is 479 g/mol. The lowest BCUT2D eigenvalue weighted by Crippen LogP contribution is -2.31. The highest BCUT2D eigenvalue weighted by atomic mass is 32.2. The van der Waals surface area contributed by atoms with Crippen molar-refractivity contribution in [2.75, 3.05) is 35.5 Å². The van der Waals surface area contributed by atoms with Crippen molar-refractivity contribution in [3.8, 4) is 0 Å². The van der Waals surface area contributed by atoms with E-state index < -0.39 is 20.0 Å². The molecule has 1 amide bonds. The van der Waals surface area contributed by atoms with Gasteiger partial charge in [0.25, 0.3) is 5.91 Å². The fourth-order valence-corrected chi connectivity index (χ4v) is 6.22. The average molecular weight is 480 g/mol. The van der Waals surface area contributed by atoms with E-state index in [-0.39, 0.29) is 17.3 Å². The van der Waals surface area contributed by atoms with Crippen molar-refractivity contribution in [1.82, 2.24) is 4.31 Å². The van der Waals surface area contributed by atoms with Crippen LogP contribution in [-0.2, 0) is 20.0 Å². The Bertz CT molecular complexity index is 1140. The Morgan fingerprint density at radius 3 is 1.97 bits per heavy atom. The molecule has 1 aliphatic rings. The van der Waals surface area contributed by atoms with E-state index >= 15 is 0 Å². The van der Waals surface area contributed by atoms with Crippen LogP contribution >= 0.6 is 0 Å². The van der Waals surface area contributed by atoms with Gasteiger partial charge >= 0.3 is 0 Å². The molecule has 0 aliphatic carbocycles. The number of hydrogen-bond donors (Lipinski definition) is 1. The molecule has 1 fully saturated rings. The number of benzene rings is 2. The molecule has 10 heteroatoms. The van der Waals surface area contributed by atoms with Crippen LogP contribution in [0.2, 0.25) is 0 Å². The van der Waals surface area contributed by atoms with Crippen molar-refractivity contribution in [2.45, 2.75) is 37.5 Å². The van der Waals surface area contributed by atoms with Crippen molar-refractivity contribution in [2.24, 2.45) is 0 Å². The van der Waals surface area contributed by atoms with Crippen LogP contribution in [0, 0.1) is 0 Å². The second kappa shape index (κ2) is 10.0. The minimum atomic E-state index is -3.54. The Hall–Kier alpha value is -2.43. The van der Waals surface area contributed by atoms with Gasteiger partial charge in [-0.1, -0.05) is 12.8 Å². The van der Waals surface area contributed by atoms with Gasteiger partial charge in [0.15, 0.2) is 0 Å². The molecule has 0 spiro atoms. The maximum absolute atomic E-state index is 12.9. The fourth-order valence-electron chi connectivity index (χ4n) is 3.73. The highest BCUT2D eigenvalue weighted by Gasteiger charge is 2.25. The predicted octanol–water partition coefficient (Wildman–Crippen LogP) is 3.29. The van der Waals surface area contributed by atoms with E-state index in [2.05, 4.69) is 5.32 Å². The van der Waals surface area contributed by atoms with Gasteiger partial charge in [0, 0.05) is 30.9 Å².